The van der Waals surface area contributed by atoms with Gasteiger partial charge in [-0.05, 0) is 62.3 Å². The van der Waals surface area contributed by atoms with Gasteiger partial charge in [0.05, 0.1) is 24.3 Å². The van der Waals surface area contributed by atoms with E-state index >= 15 is 0 Å². The minimum Gasteiger partial charge on any atom is -0.354 e. The van der Waals surface area contributed by atoms with Crippen molar-refractivity contribution in [2.45, 2.75) is 52.1 Å². The summed E-state index contributed by atoms with van der Waals surface area (Å²) < 4.78 is 6.32. The van der Waals surface area contributed by atoms with E-state index in [4.69, 9.17) is 0 Å². The standard InChI is InChI=1S/C26H32N6O3S/c1-18-8-11-22(30-36-16-21-6-4-3-5-7-21)26(35)32(18)15-25(34)28-13-23-19(2)29-17-31(23)14-24(33)27-12-20-9-10-20/h3-8,11,17,20,30H,9-10,12-16H2,1-2H3,(H,27,33)(H,28,34). The van der Waals surface area contributed by atoms with Crippen molar-refractivity contribution in [3.63, 3.8) is 0 Å². The number of nitrogens with zero attached hydrogens (tertiary/aromatic N) is 3. The molecule has 2 amide bonds. The normalized spacial score (nSPS) is 12.8. The van der Waals surface area contributed by atoms with Gasteiger partial charge in [0.2, 0.25) is 11.8 Å². The van der Waals surface area contributed by atoms with Crippen LogP contribution in [-0.2, 0) is 35.0 Å². The molecule has 1 saturated carbocycles. The molecule has 0 bridgehead atoms. The fraction of sp³-hybridized carbons (Fsp3) is 0.385. The van der Waals surface area contributed by atoms with Gasteiger partial charge in [-0.2, -0.15) is 0 Å². The van der Waals surface area contributed by atoms with Crippen molar-refractivity contribution in [2.75, 3.05) is 11.3 Å². The second-order valence-electron chi connectivity index (χ2n) is 9.08. The topological polar surface area (TPSA) is 110 Å². The highest BCUT2D eigenvalue weighted by molar-refractivity contribution is 7.99. The van der Waals surface area contributed by atoms with Gasteiger partial charge in [0.15, 0.2) is 0 Å². The molecule has 0 spiro atoms. The summed E-state index contributed by atoms with van der Waals surface area (Å²) in [4.78, 5) is 42.3. The molecule has 0 radical (unpaired) electrons. The van der Waals surface area contributed by atoms with Crippen LogP contribution in [-0.4, -0.2) is 32.5 Å². The molecule has 2 heterocycles. The molecule has 3 N–H and O–H groups in total. The monoisotopic (exact) mass is 508 g/mol. The number of hydrogen-bond acceptors (Lipinski definition) is 6. The highest BCUT2D eigenvalue weighted by Crippen LogP contribution is 2.27. The molecule has 2 aromatic heterocycles. The van der Waals surface area contributed by atoms with Crippen LogP contribution < -0.4 is 20.9 Å². The Hall–Kier alpha value is -3.53. The second kappa shape index (κ2) is 11.9. The molecule has 0 atom stereocenters. The van der Waals surface area contributed by atoms with Crippen LogP contribution in [0.4, 0.5) is 5.69 Å². The number of carbonyl (C=O) groups excluding carboxylic acids is 2. The average Bonchev–Trinajstić information content (AvgIpc) is 3.64. The number of benzene rings is 1. The predicted molar refractivity (Wildman–Crippen MR) is 141 cm³/mol. The zero-order valence-electron chi connectivity index (χ0n) is 20.6. The number of rotatable bonds is 12. The molecular formula is C26H32N6O3S. The van der Waals surface area contributed by atoms with E-state index < -0.39 is 0 Å². The third kappa shape index (κ3) is 7.00. The first-order chi connectivity index (χ1) is 17.4. The first-order valence-electron chi connectivity index (χ1n) is 12.1. The van der Waals surface area contributed by atoms with Gasteiger partial charge in [-0.3, -0.25) is 14.4 Å². The smallest absolute Gasteiger partial charge is 0.275 e. The molecule has 1 aliphatic carbocycles. The maximum absolute atomic E-state index is 13.0. The Morgan fingerprint density at radius 1 is 1.03 bits per heavy atom. The van der Waals surface area contributed by atoms with Gasteiger partial charge < -0.3 is 24.5 Å². The van der Waals surface area contributed by atoms with Crippen LogP contribution in [0.15, 0.2) is 53.6 Å². The maximum atomic E-state index is 13.0. The van der Waals surface area contributed by atoms with E-state index in [-0.39, 0.29) is 37.0 Å². The summed E-state index contributed by atoms with van der Waals surface area (Å²) in [6.07, 6.45) is 3.97. The first kappa shape index (κ1) is 25.6. The van der Waals surface area contributed by atoms with Gasteiger partial charge in [-0.15, -0.1) is 0 Å². The van der Waals surface area contributed by atoms with E-state index in [0.717, 1.165) is 17.0 Å². The number of carbonyl (C=O) groups is 2. The number of amides is 2. The quantitative estimate of drug-likeness (QED) is 0.325. The maximum Gasteiger partial charge on any atom is 0.275 e. The molecule has 36 heavy (non-hydrogen) atoms. The summed E-state index contributed by atoms with van der Waals surface area (Å²) in [6.45, 7) is 4.64. The Labute approximate surface area is 214 Å². The van der Waals surface area contributed by atoms with Crippen LogP contribution in [0.5, 0.6) is 0 Å². The van der Waals surface area contributed by atoms with Gasteiger partial charge in [0.1, 0.15) is 18.8 Å². The molecule has 4 rings (SSSR count). The van der Waals surface area contributed by atoms with Crippen molar-refractivity contribution in [1.29, 1.82) is 0 Å². The van der Waals surface area contributed by atoms with Gasteiger partial charge in [-0.1, -0.05) is 30.3 Å². The number of imidazole rings is 1. The van der Waals surface area contributed by atoms with Crippen LogP contribution >= 0.6 is 11.9 Å². The summed E-state index contributed by atoms with van der Waals surface area (Å²) >= 11 is 1.43. The van der Waals surface area contributed by atoms with Crippen molar-refractivity contribution in [3.05, 3.63) is 81.8 Å². The van der Waals surface area contributed by atoms with E-state index in [1.54, 1.807) is 23.9 Å². The lowest BCUT2D eigenvalue weighted by Gasteiger charge is -2.14. The molecular weight excluding hydrogens is 476 g/mol. The molecule has 0 unspecified atom stereocenters. The zero-order valence-corrected chi connectivity index (χ0v) is 21.4. The molecule has 190 valence electrons. The Morgan fingerprint density at radius 2 is 1.78 bits per heavy atom. The number of aryl methyl sites for hydroxylation is 2. The lowest BCUT2D eigenvalue weighted by molar-refractivity contribution is -0.122. The van der Waals surface area contributed by atoms with Crippen LogP contribution in [0.3, 0.4) is 0 Å². The molecule has 0 saturated heterocycles. The van der Waals surface area contributed by atoms with Crippen molar-refractivity contribution in [2.24, 2.45) is 5.92 Å². The SMILES string of the molecule is Cc1ncn(CC(=O)NCC2CC2)c1CNC(=O)Cn1c(C)ccc(NSCc2ccccc2)c1=O. The molecule has 3 aromatic rings. The molecule has 9 nitrogen and oxygen atoms in total. The summed E-state index contributed by atoms with van der Waals surface area (Å²) in [6, 6.07) is 13.5. The summed E-state index contributed by atoms with van der Waals surface area (Å²) in [5.41, 5.74) is 3.54. The predicted octanol–water partition coefficient (Wildman–Crippen LogP) is 2.76. The number of aromatic nitrogens is 3. The lowest BCUT2D eigenvalue weighted by Crippen LogP contribution is -2.34. The first-order valence-corrected chi connectivity index (χ1v) is 13.1. The fourth-order valence-corrected chi connectivity index (χ4v) is 4.51. The summed E-state index contributed by atoms with van der Waals surface area (Å²) in [5.74, 6) is 0.962. The van der Waals surface area contributed by atoms with Crippen molar-refractivity contribution in [3.8, 4) is 0 Å². The van der Waals surface area contributed by atoms with Gasteiger partial charge in [0.25, 0.3) is 5.56 Å². The summed E-state index contributed by atoms with van der Waals surface area (Å²) in [5, 5.41) is 5.82. The molecule has 1 aliphatic rings. The Bertz CT molecular complexity index is 1270. The largest absolute Gasteiger partial charge is 0.354 e. The van der Waals surface area contributed by atoms with Crippen molar-refractivity contribution in [1.82, 2.24) is 24.8 Å². The number of anilines is 1. The number of hydrogen-bond donors (Lipinski definition) is 3. The second-order valence-corrected chi connectivity index (χ2v) is 9.87. The lowest BCUT2D eigenvalue weighted by atomic mass is 10.2. The van der Waals surface area contributed by atoms with Crippen LogP contribution in [0.25, 0.3) is 0 Å². The van der Waals surface area contributed by atoms with Crippen LogP contribution in [0.2, 0.25) is 0 Å². The van der Waals surface area contributed by atoms with Gasteiger partial charge >= 0.3 is 0 Å². The average molecular weight is 509 g/mol. The summed E-state index contributed by atoms with van der Waals surface area (Å²) in [7, 11) is 0. The Morgan fingerprint density at radius 3 is 2.53 bits per heavy atom. The minimum atomic E-state index is -0.292. The van der Waals surface area contributed by atoms with E-state index in [1.165, 1.54) is 29.4 Å². The van der Waals surface area contributed by atoms with E-state index in [2.05, 4.69) is 20.3 Å². The number of nitrogens with one attached hydrogen (secondary N) is 3. The van der Waals surface area contributed by atoms with Crippen molar-refractivity contribution >= 4 is 29.4 Å². The Balaban J connectivity index is 1.32. The zero-order chi connectivity index (χ0) is 25.5. The highest BCUT2D eigenvalue weighted by atomic mass is 32.2. The van der Waals surface area contributed by atoms with Crippen molar-refractivity contribution < 1.29 is 9.59 Å². The molecule has 1 fully saturated rings. The van der Waals surface area contributed by atoms with E-state index in [9.17, 15) is 14.4 Å². The molecule has 0 aliphatic heterocycles. The molecule has 10 heteroatoms. The van der Waals surface area contributed by atoms with Gasteiger partial charge in [-0.25, -0.2) is 4.98 Å². The number of pyridine rings is 1. The minimum absolute atomic E-state index is 0.0662. The van der Waals surface area contributed by atoms with E-state index in [0.29, 0.717) is 29.6 Å². The van der Waals surface area contributed by atoms with Crippen LogP contribution in [0, 0.1) is 19.8 Å². The molecule has 1 aromatic carbocycles. The van der Waals surface area contributed by atoms with Gasteiger partial charge in [0, 0.05) is 18.0 Å². The third-order valence-electron chi connectivity index (χ3n) is 6.16. The van der Waals surface area contributed by atoms with E-state index in [1.807, 2.05) is 43.3 Å². The Kier molecular flexibility index (Phi) is 8.48. The highest BCUT2D eigenvalue weighted by Gasteiger charge is 2.22. The third-order valence-corrected chi connectivity index (χ3v) is 7.01. The fourth-order valence-electron chi connectivity index (χ4n) is 3.76. The van der Waals surface area contributed by atoms with Crippen LogP contribution in [0.1, 0.15) is 35.5 Å².